The lowest BCUT2D eigenvalue weighted by molar-refractivity contribution is -0.141. The summed E-state index contributed by atoms with van der Waals surface area (Å²) < 4.78 is 43.8. The molecule has 29 heavy (non-hydrogen) atoms. The lowest BCUT2D eigenvalue weighted by atomic mass is 10.1. The van der Waals surface area contributed by atoms with Gasteiger partial charge in [0.25, 0.3) is 5.91 Å². The van der Waals surface area contributed by atoms with Crippen LogP contribution in [0.3, 0.4) is 0 Å². The first-order chi connectivity index (χ1) is 13.6. The van der Waals surface area contributed by atoms with Crippen molar-refractivity contribution in [2.24, 2.45) is 0 Å². The number of benzene rings is 1. The van der Waals surface area contributed by atoms with E-state index >= 15 is 0 Å². The number of amides is 1. The monoisotopic (exact) mass is 423 g/mol. The Bertz CT molecular complexity index is 1090. The number of alkyl halides is 3. The molecule has 3 N–H and O–H groups in total. The number of thiophene rings is 1. The first-order valence-corrected chi connectivity index (χ1v) is 9.28. The highest BCUT2D eigenvalue weighted by molar-refractivity contribution is 7.21. The molecular formula is C19H16F3N3O3S. The highest BCUT2D eigenvalue weighted by Crippen LogP contribution is 2.38. The molecule has 0 fully saturated rings. The van der Waals surface area contributed by atoms with E-state index in [0.717, 1.165) is 17.4 Å². The first kappa shape index (κ1) is 20.6. The lowest BCUT2D eigenvalue weighted by Crippen LogP contribution is -2.12. The molecule has 0 aliphatic heterocycles. The molecule has 0 aliphatic carbocycles. The molecule has 10 heteroatoms. The molecule has 152 valence electrons. The predicted octanol–water partition coefficient (Wildman–Crippen LogP) is 4.63. The molecule has 1 aromatic carbocycles. The Labute approximate surface area is 167 Å². The van der Waals surface area contributed by atoms with Crippen LogP contribution in [0.25, 0.3) is 10.2 Å². The van der Waals surface area contributed by atoms with Gasteiger partial charge in [0.15, 0.2) is 0 Å². The van der Waals surface area contributed by atoms with Crippen molar-refractivity contribution in [3.8, 4) is 0 Å². The molecule has 1 amide bonds. The van der Waals surface area contributed by atoms with E-state index in [1.165, 1.54) is 31.2 Å². The van der Waals surface area contributed by atoms with Crippen molar-refractivity contribution in [3.05, 3.63) is 52.0 Å². The van der Waals surface area contributed by atoms with Crippen molar-refractivity contribution in [2.45, 2.75) is 20.0 Å². The van der Waals surface area contributed by atoms with E-state index in [0.29, 0.717) is 16.6 Å². The second-order valence-corrected chi connectivity index (χ2v) is 7.10. The summed E-state index contributed by atoms with van der Waals surface area (Å²) in [6.07, 6.45) is -4.60. The molecule has 0 bridgehead atoms. The molecule has 0 unspecified atom stereocenters. The number of rotatable bonds is 4. The molecule has 0 aliphatic rings. The third kappa shape index (κ3) is 4.16. The van der Waals surface area contributed by atoms with E-state index in [1.807, 2.05) is 0 Å². The Morgan fingerprint density at radius 1 is 1.24 bits per heavy atom. The van der Waals surface area contributed by atoms with Crippen LogP contribution in [-0.4, -0.2) is 23.5 Å². The maximum Gasteiger partial charge on any atom is 0.433 e. The van der Waals surface area contributed by atoms with Gasteiger partial charge in [-0.2, -0.15) is 13.2 Å². The second kappa shape index (κ2) is 7.70. The van der Waals surface area contributed by atoms with Gasteiger partial charge in [0.1, 0.15) is 15.4 Å². The summed E-state index contributed by atoms with van der Waals surface area (Å²) >= 11 is 0.788. The van der Waals surface area contributed by atoms with Crippen molar-refractivity contribution in [1.82, 2.24) is 4.98 Å². The fraction of sp³-hybridized carbons (Fsp3) is 0.211. The molecule has 0 radical (unpaired) electrons. The summed E-state index contributed by atoms with van der Waals surface area (Å²) in [5.74, 6) is -1.07. The number of aryl methyl sites for hydroxylation is 1. The Morgan fingerprint density at radius 2 is 1.90 bits per heavy atom. The third-order valence-electron chi connectivity index (χ3n) is 4.05. The number of esters is 1. The Balaban J connectivity index is 1.88. The zero-order chi connectivity index (χ0) is 21.3. The van der Waals surface area contributed by atoms with Crippen LogP contribution < -0.4 is 11.1 Å². The maximum atomic E-state index is 13.0. The van der Waals surface area contributed by atoms with Crippen molar-refractivity contribution >= 4 is 44.8 Å². The van der Waals surface area contributed by atoms with Gasteiger partial charge >= 0.3 is 12.1 Å². The molecule has 2 heterocycles. The van der Waals surface area contributed by atoms with Crippen LogP contribution in [-0.2, 0) is 10.9 Å². The zero-order valence-electron chi connectivity index (χ0n) is 15.4. The lowest BCUT2D eigenvalue weighted by Gasteiger charge is -2.07. The minimum Gasteiger partial charge on any atom is -0.462 e. The van der Waals surface area contributed by atoms with Crippen molar-refractivity contribution in [1.29, 1.82) is 0 Å². The molecule has 2 aromatic heterocycles. The number of anilines is 2. The minimum atomic E-state index is -4.60. The van der Waals surface area contributed by atoms with Gasteiger partial charge in [0.2, 0.25) is 0 Å². The summed E-state index contributed by atoms with van der Waals surface area (Å²) in [7, 11) is 0. The number of nitrogens with two attached hydrogens (primary N) is 1. The van der Waals surface area contributed by atoms with E-state index in [-0.39, 0.29) is 27.6 Å². The van der Waals surface area contributed by atoms with Crippen molar-refractivity contribution < 1.29 is 27.5 Å². The van der Waals surface area contributed by atoms with Gasteiger partial charge in [-0.1, -0.05) is 0 Å². The minimum absolute atomic E-state index is 0.0395. The fourth-order valence-electron chi connectivity index (χ4n) is 2.72. The van der Waals surface area contributed by atoms with Gasteiger partial charge in [-0.05, 0) is 49.7 Å². The smallest absolute Gasteiger partial charge is 0.433 e. The molecule has 3 rings (SSSR count). The quantitative estimate of drug-likeness (QED) is 0.597. The molecule has 0 saturated heterocycles. The van der Waals surface area contributed by atoms with Crippen LogP contribution in [0.5, 0.6) is 0 Å². The zero-order valence-corrected chi connectivity index (χ0v) is 16.2. The number of fused-ring (bicyclic) bond motifs is 1. The van der Waals surface area contributed by atoms with Crippen molar-refractivity contribution in [2.75, 3.05) is 17.7 Å². The van der Waals surface area contributed by atoms with Gasteiger partial charge in [0, 0.05) is 11.1 Å². The van der Waals surface area contributed by atoms with Gasteiger partial charge < -0.3 is 15.8 Å². The fourth-order valence-corrected chi connectivity index (χ4v) is 3.78. The number of halogens is 3. The average molecular weight is 423 g/mol. The summed E-state index contributed by atoms with van der Waals surface area (Å²) in [6, 6.07) is 6.91. The number of ether oxygens (including phenoxy) is 1. The van der Waals surface area contributed by atoms with E-state index < -0.39 is 23.7 Å². The van der Waals surface area contributed by atoms with E-state index in [1.54, 1.807) is 6.92 Å². The number of hydrogen-bond donors (Lipinski definition) is 2. The normalized spacial score (nSPS) is 11.5. The molecule has 0 spiro atoms. The summed E-state index contributed by atoms with van der Waals surface area (Å²) in [6.45, 7) is 3.42. The Kier molecular flexibility index (Phi) is 5.47. The first-order valence-electron chi connectivity index (χ1n) is 8.47. The number of pyridine rings is 1. The predicted molar refractivity (Wildman–Crippen MR) is 104 cm³/mol. The second-order valence-electron chi connectivity index (χ2n) is 6.10. The highest BCUT2D eigenvalue weighted by atomic mass is 32.1. The SMILES string of the molecule is CCOC(=O)c1ccc(NC(=O)c2sc3nc(C(F)(F)F)cc(C)c3c2N)cc1. The summed E-state index contributed by atoms with van der Waals surface area (Å²) in [5, 5.41) is 2.94. The van der Waals surface area contributed by atoms with Crippen LogP contribution >= 0.6 is 11.3 Å². The summed E-state index contributed by atoms with van der Waals surface area (Å²) in [4.78, 5) is 28.0. The van der Waals surface area contributed by atoms with Crippen molar-refractivity contribution in [3.63, 3.8) is 0 Å². The topological polar surface area (TPSA) is 94.3 Å². The molecular weight excluding hydrogens is 407 g/mol. The molecule has 3 aromatic rings. The number of carbonyl (C=O) groups excluding carboxylic acids is 2. The number of nitrogens with zero attached hydrogens (tertiary/aromatic N) is 1. The summed E-state index contributed by atoms with van der Waals surface area (Å²) in [5.41, 5.74) is 6.05. The van der Waals surface area contributed by atoms with Crippen LogP contribution in [0.4, 0.5) is 24.5 Å². The van der Waals surface area contributed by atoms with Crippen LogP contribution in [0.2, 0.25) is 0 Å². The van der Waals surface area contributed by atoms with Crippen LogP contribution in [0.1, 0.15) is 38.2 Å². The number of carbonyl (C=O) groups is 2. The third-order valence-corrected chi connectivity index (χ3v) is 5.14. The standard InChI is InChI=1S/C19H16F3N3O3S/c1-3-28-18(27)10-4-6-11(7-5-10)24-16(26)15-14(23)13-9(2)8-12(19(20,21)22)25-17(13)29-15/h4-8H,3,23H2,1-2H3,(H,24,26). The molecule has 0 atom stereocenters. The molecule has 0 saturated carbocycles. The molecule has 6 nitrogen and oxygen atoms in total. The number of hydrogen-bond acceptors (Lipinski definition) is 6. The van der Waals surface area contributed by atoms with E-state index in [9.17, 15) is 22.8 Å². The van der Waals surface area contributed by atoms with Gasteiger partial charge in [-0.15, -0.1) is 11.3 Å². The van der Waals surface area contributed by atoms with Gasteiger partial charge in [0.05, 0.1) is 17.9 Å². The van der Waals surface area contributed by atoms with E-state index in [4.69, 9.17) is 10.5 Å². The van der Waals surface area contributed by atoms with Crippen LogP contribution in [0.15, 0.2) is 30.3 Å². The van der Waals surface area contributed by atoms with E-state index in [2.05, 4.69) is 10.3 Å². The average Bonchev–Trinajstić information content (AvgIpc) is 2.99. The van der Waals surface area contributed by atoms with Gasteiger partial charge in [-0.3, -0.25) is 4.79 Å². The Hall–Kier alpha value is -3.14. The highest BCUT2D eigenvalue weighted by Gasteiger charge is 2.34. The maximum absolute atomic E-state index is 13.0. The number of aromatic nitrogens is 1. The van der Waals surface area contributed by atoms with Gasteiger partial charge in [-0.25, -0.2) is 9.78 Å². The largest absolute Gasteiger partial charge is 0.462 e. The van der Waals surface area contributed by atoms with Crippen LogP contribution in [0, 0.1) is 6.92 Å². The Morgan fingerprint density at radius 3 is 2.48 bits per heavy atom. The number of nitrogens with one attached hydrogen (secondary N) is 1. The number of nitrogen functional groups attached to an aromatic ring is 1.